The van der Waals surface area contributed by atoms with Crippen LogP contribution in [0.1, 0.15) is 52.2 Å². The maximum absolute atomic E-state index is 12.8. The number of methoxy groups -OCH3 is 1. The number of hydrogen-bond donors (Lipinski definition) is 0. The van der Waals surface area contributed by atoms with Gasteiger partial charge in [-0.1, -0.05) is 12.1 Å². The largest absolute Gasteiger partial charge is 0.497 e. The van der Waals surface area contributed by atoms with E-state index in [-0.39, 0.29) is 11.9 Å². The number of rotatable bonds is 5. The van der Waals surface area contributed by atoms with Gasteiger partial charge in [0, 0.05) is 13.0 Å². The topological polar surface area (TPSA) is 68.5 Å². The van der Waals surface area contributed by atoms with Crippen molar-refractivity contribution in [3.63, 3.8) is 0 Å². The predicted octanol–water partition coefficient (Wildman–Crippen LogP) is 4.10. The molecule has 1 atom stereocenters. The second-order valence-corrected chi connectivity index (χ2v) is 7.46. The molecule has 0 aliphatic carbocycles. The molecule has 140 valence electrons. The minimum Gasteiger partial charge on any atom is -0.497 e. The number of carbonyl (C=O) groups is 1. The minimum atomic E-state index is -0.118. The number of oxazole rings is 1. The molecule has 0 bridgehead atoms. The van der Waals surface area contributed by atoms with Crippen LogP contribution in [0, 0.1) is 0 Å². The van der Waals surface area contributed by atoms with Crippen LogP contribution in [0.2, 0.25) is 0 Å². The van der Waals surface area contributed by atoms with Gasteiger partial charge in [-0.3, -0.25) is 9.78 Å². The Morgan fingerprint density at radius 1 is 1.37 bits per heavy atom. The third-order valence-electron chi connectivity index (χ3n) is 4.78. The molecule has 0 N–H and O–H groups in total. The van der Waals surface area contributed by atoms with Gasteiger partial charge in [-0.25, -0.2) is 4.98 Å². The van der Waals surface area contributed by atoms with Crippen LogP contribution in [0.5, 0.6) is 5.75 Å². The SMILES string of the molecule is COc1cccc(Cc2cnc([C@H]3CCCCN3C(=O)c3cncs3)o2)c1. The number of nitrogens with zero attached hydrogens (tertiary/aromatic N) is 3. The Labute approximate surface area is 161 Å². The smallest absolute Gasteiger partial charge is 0.266 e. The first-order valence-corrected chi connectivity index (χ1v) is 9.89. The van der Waals surface area contributed by atoms with Crippen molar-refractivity contribution in [1.29, 1.82) is 0 Å². The van der Waals surface area contributed by atoms with Gasteiger partial charge in [0.2, 0.25) is 5.89 Å². The fourth-order valence-electron chi connectivity index (χ4n) is 3.44. The summed E-state index contributed by atoms with van der Waals surface area (Å²) < 4.78 is 11.3. The second kappa shape index (κ2) is 7.92. The zero-order chi connectivity index (χ0) is 18.6. The molecule has 0 saturated carbocycles. The first-order chi connectivity index (χ1) is 13.2. The predicted molar refractivity (Wildman–Crippen MR) is 102 cm³/mol. The maximum atomic E-state index is 12.8. The van der Waals surface area contributed by atoms with Crippen molar-refractivity contribution >= 4 is 17.2 Å². The van der Waals surface area contributed by atoms with E-state index in [1.807, 2.05) is 29.2 Å². The molecule has 2 aromatic heterocycles. The van der Waals surface area contributed by atoms with E-state index in [1.165, 1.54) is 11.3 Å². The highest BCUT2D eigenvalue weighted by molar-refractivity contribution is 7.11. The van der Waals surface area contributed by atoms with E-state index < -0.39 is 0 Å². The van der Waals surface area contributed by atoms with E-state index in [9.17, 15) is 4.79 Å². The van der Waals surface area contributed by atoms with Crippen LogP contribution >= 0.6 is 11.3 Å². The Morgan fingerprint density at radius 3 is 3.11 bits per heavy atom. The van der Waals surface area contributed by atoms with E-state index in [0.717, 1.165) is 42.9 Å². The molecule has 1 aromatic carbocycles. The summed E-state index contributed by atoms with van der Waals surface area (Å²) in [6.45, 7) is 0.717. The number of hydrogen-bond acceptors (Lipinski definition) is 6. The third kappa shape index (κ3) is 3.88. The van der Waals surface area contributed by atoms with Crippen molar-refractivity contribution < 1.29 is 13.9 Å². The number of thiazole rings is 1. The summed E-state index contributed by atoms with van der Waals surface area (Å²) in [5.41, 5.74) is 2.78. The average Bonchev–Trinajstić information content (AvgIpc) is 3.40. The summed E-state index contributed by atoms with van der Waals surface area (Å²) in [5, 5.41) is 0. The van der Waals surface area contributed by atoms with Crippen LogP contribution in [-0.2, 0) is 6.42 Å². The zero-order valence-electron chi connectivity index (χ0n) is 15.1. The van der Waals surface area contributed by atoms with Crippen molar-refractivity contribution in [2.75, 3.05) is 13.7 Å². The fraction of sp³-hybridized carbons (Fsp3) is 0.350. The van der Waals surface area contributed by atoms with Gasteiger partial charge in [0.25, 0.3) is 5.91 Å². The van der Waals surface area contributed by atoms with Crippen LogP contribution in [-0.4, -0.2) is 34.4 Å². The van der Waals surface area contributed by atoms with Crippen LogP contribution in [0.3, 0.4) is 0 Å². The lowest BCUT2D eigenvalue weighted by Crippen LogP contribution is -2.38. The van der Waals surface area contributed by atoms with Gasteiger partial charge in [-0.05, 0) is 37.0 Å². The molecular formula is C20H21N3O3S. The molecule has 1 aliphatic rings. The molecule has 27 heavy (non-hydrogen) atoms. The van der Waals surface area contributed by atoms with Crippen LogP contribution in [0.25, 0.3) is 0 Å². The number of amides is 1. The Balaban J connectivity index is 1.52. The van der Waals surface area contributed by atoms with Crippen LogP contribution < -0.4 is 4.74 Å². The van der Waals surface area contributed by atoms with E-state index in [0.29, 0.717) is 17.2 Å². The standard InChI is InChI=1S/C20H21N3O3S/c1-25-15-6-4-5-14(9-15)10-16-11-22-19(26-16)17-7-2-3-8-23(17)20(24)18-12-21-13-27-18/h4-6,9,11-13,17H,2-3,7-8,10H2,1H3/t17-/m1/s1. The molecule has 1 amide bonds. The Kier molecular flexibility index (Phi) is 5.20. The van der Waals surface area contributed by atoms with E-state index in [2.05, 4.69) is 9.97 Å². The minimum absolute atomic E-state index is 0.00902. The zero-order valence-corrected chi connectivity index (χ0v) is 15.9. The van der Waals surface area contributed by atoms with E-state index in [1.54, 1.807) is 25.0 Å². The van der Waals surface area contributed by atoms with Gasteiger partial charge in [-0.2, -0.15) is 0 Å². The van der Waals surface area contributed by atoms with Gasteiger partial charge in [0.05, 0.1) is 25.0 Å². The highest BCUT2D eigenvalue weighted by Crippen LogP contribution is 2.32. The highest BCUT2D eigenvalue weighted by Gasteiger charge is 2.32. The molecule has 3 aromatic rings. The summed E-state index contributed by atoms with van der Waals surface area (Å²) in [5.74, 6) is 2.23. The van der Waals surface area contributed by atoms with Crippen molar-refractivity contribution in [2.45, 2.75) is 31.7 Å². The third-order valence-corrected chi connectivity index (χ3v) is 5.54. The Hall–Kier alpha value is -2.67. The summed E-state index contributed by atoms with van der Waals surface area (Å²) in [7, 11) is 1.66. The lowest BCUT2D eigenvalue weighted by molar-refractivity contribution is 0.0575. The van der Waals surface area contributed by atoms with Gasteiger partial charge in [-0.15, -0.1) is 11.3 Å². The van der Waals surface area contributed by atoms with Crippen molar-refractivity contribution in [2.24, 2.45) is 0 Å². The quantitative estimate of drug-likeness (QED) is 0.663. The molecule has 3 heterocycles. The lowest BCUT2D eigenvalue weighted by atomic mass is 10.0. The highest BCUT2D eigenvalue weighted by atomic mass is 32.1. The van der Waals surface area contributed by atoms with Crippen LogP contribution in [0.15, 0.2) is 46.6 Å². The van der Waals surface area contributed by atoms with Gasteiger partial charge >= 0.3 is 0 Å². The van der Waals surface area contributed by atoms with Crippen LogP contribution in [0.4, 0.5) is 0 Å². The number of carbonyl (C=O) groups excluding carboxylic acids is 1. The number of aromatic nitrogens is 2. The molecule has 1 aliphatic heterocycles. The fourth-order valence-corrected chi connectivity index (χ4v) is 4.01. The van der Waals surface area contributed by atoms with Gasteiger partial charge in [0.1, 0.15) is 22.4 Å². The number of piperidine rings is 1. The molecule has 1 fully saturated rings. The number of benzene rings is 1. The van der Waals surface area contributed by atoms with Crippen molar-refractivity contribution in [1.82, 2.24) is 14.9 Å². The summed E-state index contributed by atoms with van der Waals surface area (Å²) in [4.78, 5) is 23.9. The Bertz CT molecular complexity index is 907. The van der Waals surface area contributed by atoms with E-state index >= 15 is 0 Å². The first kappa shape index (κ1) is 17.7. The number of likely N-dealkylation sites (tertiary alicyclic amines) is 1. The molecule has 7 heteroatoms. The molecule has 0 spiro atoms. The van der Waals surface area contributed by atoms with Gasteiger partial charge < -0.3 is 14.1 Å². The van der Waals surface area contributed by atoms with Crippen molar-refractivity contribution in [3.8, 4) is 5.75 Å². The molecular weight excluding hydrogens is 362 g/mol. The van der Waals surface area contributed by atoms with Crippen molar-refractivity contribution in [3.05, 3.63) is 64.3 Å². The number of ether oxygens (including phenoxy) is 1. The summed E-state index contributed by atoms with van der Waals surface area (Å²) >= 11 is 1.37. The maximum Gasteiger partial charge on any atom is 0.266 e. The molecule has 6 nitrogen and oxygen atoms in total. The molecule has 1 saturated heterocycles. The molecule has 4 rings (SSSR count). The first-order valence-electron chi connectivity index (χ1n) is 9.01. The second-order valence-electron chi connectivity index (χ2n) is 6.57. The molecule has 0 unspecified atom stereocenters. The lowest BCUT2D eigenvalue weighted by Gasteiger charge is -2.33. The normalized spacial score (nSPS) is 17.1. The monoisotopic (exact) mass is 383 g/mol. The Morgan fingerprint density at radius 2 is 2.30 bits per heavy atom. The summed E-state index contributed by atoms with van der Waals surface area (Å²) in [6.07, 6.45) is 6.95. The van der Waals surface area contributed by atoms with Gasteiger partial charge in [0.15, 0.2) is 0 Å². The van der Waals surface area contributed by atoms with E-state index in [4.69, 9.17) is 9.15 Å². The summed E-state index contributed by atoms with van der Waals surface area (Å²) in [6, 6.07) is 7.78. The molecule has 0 radical (unpaired) electrons. The average molecular weight is 383 g/mol.